The maximum absolute atomic E-state index is 12.5. The quantitative estimate of drug-likeness (QED) is 0.704. The van der Waals surface area contributed by atoms with Gasteiger partial charge in [0, 0.05) is 6.42 Å². The Morgan fingerprint density at radius 1 is 1.11 bits per heavy atom. The van der Waals surface area contributed by atoms with Crippen molar-refractivity contribution in [2.45, 2.75) is 64.7 Å². The highest BCUT2D eigenvalue weighted by molar-refractivity contribution is 5.70. The Balaban J connectivity index is 2.34. The van der Waals surface area contributed by atoms with Crippen molar-refractivity contribution in [2.75, 3.05) is 0 Å². The van der Waals surface area contributed by atoms with E-state index in [1.165, 1.54) is 0 Å². The number of halogens is 3. The second kappa shape index (κ2) is 5.49. The van der Waals surface area contributed by atoms with Gasteiger partial charge in [-0.1, -0.05) is 0 Å². The molecule has 0 N–H and O–H groups in total. The molecular weight excluding hydrogens is 245 g/mol. The third-order valence-corrected chi connectivity index (χ3v) is 3.19. The lowest BCUT2D eigenvalue weighted by Gasteiger charge is -2.30. The van der Waals surface area contributed by atoms with E-state index in [-0.39, 0.29) is 31.1 Å². The van der Waals surface area contributed by atoms with Gasteiger partial charge < -0.3 is 4.74 Å². The summed E-state index contributed by atoms with van der Waals surface area (Å²) in [6.07, 6.45) is -2.65. The molecule has 0 amide bonds. The third kappa shape index (κ3) is 5.27. The minimum absolute atomic E-state index is 0.0402. The largest absolute Gasteiger partial charge is 0.460 e. The summed E-state index contributed by atoms with van der Waals surface area (Å²) in [7, 11) is 0. The number of ether oxygens (including phenoxy) is 1. The van der Waals surface area contributed by atoms with E-state index < -0.39 is 17.7 Å². The van der Waals surface area contributed by atoms with E-state index in [2.05, 4.69) is 0 Å². The lowest BCUT2D eigenvalue weighted by molar-refractivity contribution is -0.184. The smallest absolute Gasteiger partial charge is 0.391 e. The maximum Gasteiger partial charge on any atom is 0.391 e. The van der Waals surface area contributed by atoms with Crippen molar-refractivity contribution >= 4 is 5.97 Å². The van der Waals surface area contributed by atoms with Crippen LogP contribution in [0.3, 0.4) is 0 Å². The molecule has 0 aromatic rings. The van der Waals surface area contributed by atoms with Crippen LogP contribution in [0.2, 0.25) is 0 Å². The zero-order valence-corrected chi connectivity index (χ0v) is 11.1. The SMILES string of the molecule is CC(C)(C)OC(=O)CC1CCC(C(F)(F)F)CC1. The van der Waals surface area contributed by atoms with Gasteiger partial charge in [-0.2, -0.15) is 13.2 Å². The van der Waals surface area contributed by atoms with E-state index in [4.69, 9.17) is 4.74 Å². The minimum atomic E-state index is -4.09. The molecule has 0 heterocycles. The summed E-state index contributed by atoms with van der Waals surface area (Å²) in [5.74, 6) is -1.45. The van der Waals surface area contributed by atoms with Crippen LogP contribution in [0, 0.1) is 11.8 Å². The van der Waals surface area contributed by atoms with Gasteiger partial charge in [-0.25, -0.2) is 0 Å². The predicted molar refractivity (Wildman–Crippen MR) is 62.0 cm³/mol. The molecule has 1 rings (SSSR count). The average molecular weight is 266 g/mol. The van der Waals surface area contributed by atoms with Gasteiger partial charge in [-0.05, 0) is 52.4 Å². The number of alkyl halides is 3. The molecule has 0 saturated heterocycles. The topological polar surface area (TPSA) is 26.3 Å². The summed E-state index contributed by atoms with van der Waals surface area (Å²) in [4.78, 5) is 11.6. The lowest BCUT2D eigenvalue weighted by Crippen LogP contribution is -2.30. The second-order valence-corrected chi connectivity index (χ2v) is 6.05. The van der Waals surface area contributed by atoms with Crippen LogP contribution in [0.25, 0.3) is 0 Å². The van der Waals surface area contributed by atoms with Crippen molar-refractivity contribution in [2.24, 2.45) is 11.8 Å². The van der Waals surface area contributed by atoms with Gasteiger partial charge in [-0.15, -0.1) is 0 Å². The van der Waals surface area contributed by atoms with Crippen LogP contribution in [-0.2, 0) is 9.53 Å². The Morgan fingerprint density at radius 2 is 1.61 bits per heavy atom. The highest BCUT2D eigenvalue weighted by atomic mass is 19.4. The van der Waals surface area contributed by atoms with Gasteiger partial charge in [-0.3, -0.25) is 4.79 Å². The van der Waals surface area contributed by atoms with Crippen LogP contribution < -0.4 is 0 Å². The van der Waals surface area contributed by atoms with Crippen LogP contribution in [0.1, 0.15) is 52.9 Å². The normalized spacial score (nSPS) is 25.9. The van der Waals surface area contributed by atoms with Crippen LogP contribution in [0.5, 0.6) is 0 Å². The van der Waals surface area contributed by atoms with Crippen molar-refractivity contribution in [3.8, 4) is 0 Å². The molecule has 18 heavy (non-hydrogen) atoms. The van der Waals surface area contributed by atoms with E-state index in [1.54, 1.807) is 20.8 Å². The van der Waals surface area contributed by atoms with Gasteiger partial charge in [0.05, 0.1) is 5.92 Å². The van der Waals surface area contributed by atoms with E-state index in [0.717, 1.165) is 0 Å². The molecule has 0 aliphatic heterocycles. The van der Waals surface area contributed by atoms with Crippen LogP contribution >= 0.6 is 0 Å². The van der Waals surface area contributed by atoms with Crippen molar-refractivity contribution in [1.82, 2.24) is 0 Å². The Labute approximate surface area is 106 Å². The average Bonchev–Trinajstić information content (AvgIpc) is 2.13. The van der Waals surface area contributed by atoms with E-state index in [0.29, 0.717) is 12.8 Å². The first-order valence-electron chi connectivity index (χ1n) is 6.36. The molecule has 0 aromatic carbocycles. The number of rotatable bonds is 2. The summed E-state index contributed by atoms with van der Waals surface area (Å²) < 4.78 is 42.6. The monoisotopic (exact) mass is 266 g/mol. The van der Waals surface area contributed by atoms with Gasteiger partial charge >= 0.3 is 12.1 Å². The predicted octanol–water partition coefficient (Wildman–Crippen LogP) is 4.09. The standard InChI is InChI=1S/C13H21F3O2/c1-12(2,3)18-11(17)8-9-4-6-10(7-5-9)13(14,15)16/h9-10H,4-8H2,1-3H3. The summed E-state index contributed by atoms with van der Waals surface area (Å²) in [6.45, 7) is 5.35. The molecule has 1 aliphatic carbocycles. The summed E-state index contributed by atoms with van der Waals surface area (Å²) >= 11 is 0. The van der Waals surface area contributed by atoms with Gasteiger partial charge in [0.15, 0.2) is 0 Å². The molecule has 106 valence electrons. The van der Waals surface area contributed by atoms with E-state index in [9.17, 15) is 18.0 Å². The number of esters is 1. The number of carbonyl (C=O) groups excluding carboxylic acids is 1. The summed E-state index contributed by atoms with van der Waals surface area (Å²) in [5.41, 5.74) is -0.528. The Kier molecular flexibility index (Phi) is 4.67. The molecule has 1 saturated carbocycles. The van der Waals surface area contributed by atoms with E-state index in [1.807, 2.05) is 0 Å². The molecule has 0 unspecified atom stereocenters. The van der Waals surface area contributed by atoms with Gasteiger partial charge in [0.1, 0.15) is 5.60 Å². The number of carbonyl (C=O) groups is 1. The summed E-state index contributed by atoms with van der Waals surface area (Å²) in [6, 6.07) is 0. The maximum atomic E-state index is 12.5. The molecule has 0 bridgehead atoms. The third-order valence-electron chi connectivity index (χ3n) is 3.19. The van der Waals surface area contributed by atoms with Gasteiger partial charge in [0.2, 0.25) is 0 Å². The zero-order chi connectivity index (χ0) is 14.0. The Hall–Kier alpha value is -0.740. The highest BCUT2D eigenvalue weighted by Crippen LogP contribution is 2.40. The molecule has 0 atom stereocenters. The lowest BCUT2D eigenvalue weighted by atomic mass is 9.80. The molecule has 0 radical (unpaired) electrons. The first kappa shape index (κ1) is 15.3. The van der Waals surface area contributed by atoms with Crippen LogP contribution in [0.4, 0.5) is 13.2 Å². The molecule has 2 nitrogen and oxygen atoms in total. The first-order valence-corrected chi connectivity index (χ1v) is 6.36. The molecule has 0 aromatic heterocycles. The fourth-order valence-corrected chi connectivity index (χ4v) is 2.31. The molecular formula is C13H21F3O2. The molecule has 1 fully saturated rings. The first-order chi connectivity index (χ1) is 8.08. The van der Waals surface area contributed by atoms with Crippen molar-refractivity contribution in [3.63, 3.8) is 0 Å². The fraction of sp³-hybridized carbons (Fsp3) is 0.923. The fourth-order valence-electron chi connectivity index (χ4n) is 2.31. The highest BCUT2D eigenvalue weighted by Gasteiger charge is 2.41. The summed E-state index contributed by atoms with van der Waals surface area (Å²) in [5, 5.41) is 0. The second-order valence-electron chi connectivity index (χ2n) is 6.05. The van der Waals surface area contributed by atoms with Crippen molar-refractivity contribution in [3.05, 3.63) is 0 Å². The molecule has 1 aliphatic rings. The molecule has 5 heteroatoms. The minimum Gasteiger partial charge on any atom is -0.460 e. The van der Waals surface area contributed by atoms with Gasteiger partial charge in [0.25, 0.3) is 0 Å². The Morgan fingerprint density at radius 3 is 2.00 bits per heavy atom. The van der Waals surface area contributed by atoms with Crippen molar-refractivity contribution < 1.29 is 22.7 Å². The van der Waals surface area contributed by atoms with Crippen LogP contribution in [0.15, 0.2) is 0 Å². The molecule has 0 spiro atoms. The van der Waals surface area contributed by atoms with E-state index >= 15 is 0 Å². The number of hydrogen-bond donors (Lipinski definition) is 0. The van der Waals surface area contributed by atoms with Crippen molar-refractivity contribution in [1.29, 1.82) is 0 Å². The van der Waals surface area contributed by atoms with Crippen LogP contribution in [-0.4, -0.2) is 17.7 Å². The zero-order valence-electron chi connectivity index (χ0n) is 11.1. The number of hydrogen-bond acceptors (Lipinski definition) is 2. The Bertz CT molecular complexity index is 284.